The van der Waals surface area contributed by atoms with Gasteiger partial charge in [0.2, 0.25) is 0 Å². The van der Waals surface area contributed by atoms with Gasteiger partial charge in [-0.05, 0) is 59.4 Å². The summed E-state index contributed by atoms with van der Waals surface area (Å²) in [5.74, 6) is -0.215. The van der Waals surface area contributed by atoms with Crippen LogP contribution in [0.3, 0.4) is 0 Å². The first kappa shape index (κ1) is 23.6. The SMILES string of the molecule is Cc1cc(C(C)C)cc(OCC(=O)O)c1-c1cc(-c2ccc(Cl)cc2)n(Cc2ccccc2)n1. The number of aromatic nitrogens is 2. The van der Waals surface area contributed by atoms with Gasteiger partial charge in [-0.15, -0.1) is 0 Å². The molecule has 1 heterocycles. The highest BCUT2D eigenvalue weighted by Gasteiger charge is 2.19. The molecule has 34 heavy (non-hydrogen) atoms. The van der Waals surface area contributed by atoms with Gasteiger partial charge in [0, 0.05) is 10.6 Å². The first-order valence-electron chi connectivity index (χ1n) is 11.2. The molecule has 0 saturated carbocycles. The predicted octanol–water partition coefficient (Wildman–Crippen LogP) is 6.81. The summed E-state index contributed by atoms with van der Waals surface area (Å²) in [5, 5.41) is 14.8. The molecule has 0 aliphatic heterocycles. The molecule has 0 aliphatic rings. The van der Waals surface area contributed by atoms with Crippen molar-refractivity contribution >= 4 is 17.6 Å². The van der Waals surface area contributed by atoms with Crippen molar-refractivity contribution in [1.29, 1.82) is 0 Å². The fourth-order valence-corrected chi connectivity index (χ4v) is 4.09. The third-order valence-electron chi connectivity index (χ3n) is 5.69. The van der Waals surface area contributed by atoms with Gasteiger partial charge in [0.1, 0.15) is 5.75 Å². The van der Waals surface area contributed by atoms with Crippen LogP contribution in [0.4, 0.5) is 0 Å². The Morgan fingerprint density at radius 1 is 1.06 bits per heavy atom. The van der Waals surface area contributed by atoms with Crippen LogP contribution < -0.4 is 4.74 Å². The Bertz CT molecular complexity index is 1300. The summed E-state index contributed by atoms with van der Waals surface area (Å²) in [6.07, 6.45) is 0. The number of carboxylic acids is 1. The molecule has 0 unspecified atom stereocenters. The first-order valence-corrected chi connectivity index (χ1v) is 11.6. The number of aryl methyl sites for hydroxylation is 1. The van der Waals surface area contributed by atoms with Gasteiger partial charge in [-0.1, -0.05) is 74.0 Å². The molecule has 4 rings (SSSR count). The molecule has 1 N–H and O–H groups in total. The summed E-state index contributed by atoms with van der Waals surface area (Å²) >= 11 is 6.13. The second-order valence-corrected chi connectivity index (χ2v) is 9.05. The minimum atomic E-state index is -1.02. The molecule has 5 nitrogen and oxygen atoms in total. The number of hydrogen-bond acceptors (Lipinski definition) is 3. The van der Waals surface area contributed by atoms with Crippen LogP contribution in [0.25, 0.3) is 22.5 Å². The molecular formula is C28H27ClN2O3. The van der Waals surface area contributed by atoms with Crippen LogP contribution in [0.1, 0.15) is 36.5 Å². The Morgan fingerprint density at radius 2 is 1.76 bits per heavy atom. The van der Waals surface area contributed by atoms with Crippen LogP contribution in [0.2, 0.25) is 5.02 Å². The van der Waals surface area contributed by atoms with E-state index in [1.54, 1.807) is 0 Å². The van der Waals surface area contributed by atoms with E-state index in [-0.39, 0.29) is 5.92 Å². The Hall–Kier alpha value is -3.57. The molecule has 3 aromatic carbocycles. The van der Waals surface area contributed by atoms with E-state index in [4.69, 9.17) is 21.4 Å². The number of carbonyl (C=O) groups is 1. The molecule has 0 atom stereocenters. The number of hydrogen-bond donors (Lipinski definition) is 1. The zero-order valence-electron chi connectivity index (χ0n) is 19.5. The number of halogens is 1. The highest BCUT2D eigenvalue weighted by molar-refractivity contribution is 6.30. The van der Waals surface area contributed by atoms with E-state index in [1.807, 2.05) is 66.2 Å². The molecule has 0 spiro atoms. The monoisotopic (exact) mass is 474 g/mol. The third-order valence-corrected chi connectivity index (χ3v) is 5.94. The average molecular weight is 475 g/mol. The fraction of sp³-hybridized carbons (Fsp3) is 0.214. The van der Waals surface area contributed by atoms with Crippen molar-refractivity contribution in [2.45, 2.75) is 33.2 Å². The predicted molar refractivity (Wildman–Crippen MR) is 136 cm³/mol. The van der Waals surface area contributed by atoms with E-state index < -0.39 is 12.6 Å². The van der Waals surface area contributed by atoms with Crippen molar-refractivity contribution in [3.05, 3.63) is 94.5 Å². The van der Waals surface area contributed by atoms with Crippen LogP contribution >= 0.6 is 11.6 Å². The van der Waals surface area contributed by atoms with E-state index in [0.717, 1.165) is 39.2 Å². The molecule has 0 fully saturated rings. The van der Waals surface area contributed by atoms with Gasteiger partial charge in [-0.2, -0.15) is 5.10 Å². The molecule has 0 aliphatic carbocycles. The Morgan fingerprint density at radius 3 is 2.41 bits per heavy atom. The molecule has 6 heteroatoms. The van der Waals surface area contributed by atoms with Crippen molar-refractivity contribution in [2.75, 3.05) is 6.61 Å². The lowest BCUT2D eigenvalue weighted by Gasteiger charge is -2.15. The van der Waals surface area contributed by atoms with Gasteiger partial charge in [-0.3, -0.25) is 4.68 Å². The Labute approximate surface area is 204 Å². The number of rotatable bonds is 8. The van der Waals surface area contributed by atoms with Crippen LogP contribution in [0, 0.1) is 6.92 Å². The van der Waals surface area contributed by atoms with Crippen LogP contribution in [-0.2, 0) is 11.3 Å². The smallest absolute Gasteiger partial charge is 0.341 e. The topological polar surface area (TPSA) is 64.3 Å². The Kier molecular flexibility index (Phi) is 7.03. The van der Waals surface area contributed by atoms with E-state index in [1.165, 1.54) is 0 Å². The maximum absolute atomic E-state index is 11.2. The lowest BCUT2D eigenvalue weighted by molar-refractivity contribution is -0.139. The number of carboxylic acid groups (broad SMARTS) is 1. The normalized spacial score (nSPS) is 11.1. The minimum Gasteiger partial charge on any atom is -0.481 e. The number of nitrogens with zero attached hydrogens (tertiary/aromatic N) is 2. The zero-order chi connectivity index (χ0) is 24.2. The molecular weight excluding hydrogens is 448 g/mol. The summed E-state index contributed by atoms with van der Waals surface area (Å²) in [4.78, 5) is 11.2. The van der Waals surface area contributed by atoms with Crippen molar-refractivity contribution in [2.24, 2.45) is 0 Å². The maximum Gasteiger partial charge on any atom is 0.341 e. The summed E-state index contributed by atoms with van der Waals surface area (Å²) < 4.78 is 7.71. The highest BCUT2D eigenvalue weighted by atomic mass is 35.5. The van der Waals surface area contributed by atoms with E-state index in [2.05, 4.69) is 32.0 Å². The van der Waals surface area contributed by atoms with E-state index >= 15 is 0 Å². The first-order chi connectivity index (χ1) is 16.3. The molecule has 1 aromatic heterocycles. The van der Waals surface area contributed by atoms with Gasteiger partial charge < -0.3 is 9.84 Å². The molecule has 0 saturated heterocycles. The van der Waals surface area contributed by atoms with E-state index in [9.17, 15) is 9.90 Å². The second-order valence-electron chi connectivity index (χ2n) is 8.61. The average Bonchev–Trinajstić information content (AvgIpc) is 3.21. The van der Waals surface area contributed by atoms with Crippen molar-refractivity contribution in [3.8, 4) is 28.3 Å². The third kappa shape index (κ3) is 5.32. The zero-order valence-corrected chi connectivity index (χ0v) is 20.2. The Balaban J connectivity index is 1.86. The number of benzene rings is 3. The van der Waals surface area contributed by atoms with Gasteiger partial charge in [-0.25, -0.2) is 4.79 Å². The molecule has 0 radical (unpaired) electrons. The van der Waals surface area contributed by atoms with Crippen molar-refractivity contribution in [3.63, 3.8) is 0 Å². The standard InChI is InChI=1S/C28H27ClN2O3/c1-18(2)22-13-19(3)28(26(14-22)34-17-27(32)33)24-15-25(21-9-11-23(29)12-10-21)31(30-24)16-20-7-5-4-6-8-20/h4-15,18H,16-17H2,1-3H3,(H,32,33). The molecule has 0 bridgehead atoms. The van der Waals surface area contributed by atoms with Crippen LogP contribution in [0.5, 0.6) is 5.75 Å². The largest absolute Gasteiger partial charge is 0.481 e. The minimum absolute atomic E-state index is 0.278. The van der Waals surface area contributed by atoms with Gasteiger partial charge in [0.25, 0.3) is 0 Å². The summed E-state index contributed by atoms with van der Waals surface area (Å²) in [6, 6.07) is 23.9. The van der Waals surface area contributed by atoms with Gasteiger partial charge >= 0.3 is 5.97 Å². The molecule has 0 amide bonds. The molecule has 4 aromatic rings. The number of ether oxygens (including phenoxy) is 1. The molecule has 174 valence electrons. The quantitative estimate of drug-likeness (QED) is 0.304. The van der Waals surface area contributed by atoms with Crippen LogP contribution in [0.15, 0.2) is 72.8 Å². The van der Waals surface area contributed by atoms with Crippen molar-refractivity contribution in [1.82, 2.24) is 9.78 Å². The lowest BCUT2D eigenvalue weighted by Crippen LogP contribution is -2.11. The van der Waals surface area contributed by atoms with E-state index in [0.29, 0.717) is 17.3 Å². The highest BCUT2D eigenvalue weighted by Crippen LogP contribution is 2.38. The summed E-state index contributed by atoms with van der Waals surface area (Å²) in [6.45, 7) is 6.38. The summed E-state index contributed by atoms with van der Waals surface area (Å²) in [7, 11) is 0. The van der Waals surface area contributed by atoms with Crippen LogP contribution in [-0.4, -0.2) is 27.5 Å². The lowest BCUT2D eigenvalue weighted by atomic mass is 9.95. The van der Waals surface area contributed by atoms with Gasteiger partial charge in [0.05, 0.1) is 17.9 Å². The van der Waals surface area contributed by atoms with Gasteiger partial charge in [0.15, 0.2) is 6.61 Å². The number of aliphatic carboxylic acids is 1. The second kappa shape index (κ2) is 10.1. The summed E-state index contributed by atoms with van der Waals surface area (Å²) in [5.41, 5.74) is 6.65. The maximum atomic E-state index is 11.2. The van der Waals surface area contributed by atoms with Crippen molar-refractivity contribution < 1.29 is 14.6 Å². The fourth-order valence-electron chi connectivity index (χ4n) is 3.97.